The topological polar surface area (TPSA) is 106 Å². The second kappa shape index (κ2) is 9.37. The summed E-state index contributed by atoms with van der Waals surface area (Å²) in [6.07, 6.45) is 9.84. The molecule has 1 N–H and O–H groups in total. The SMILES string of the molecule is COc1ccc(N2CC=C[C@]34O[C@@]5(C)/C=C\CCCCOC(=O)[C@H]5[C@H]3C(=O)N(CCO)C4C2=O)cc1. The Morgan fingerprint density at radius 3 is 2.56 bits per heavy atom. The van der Waals surface area contributed by atoms with Crippen molar-refractivity contribution in [2.24, 2.45) is 11.8 Å². The maximum Gasteiger partial charge on any atom is 0.313 e. The maximum absolute atomic E-state index is 14.2. The number of carbonyl (C=O) groups excluding carboxylic acids is 3. The molecule has 36 heavy (non-hydrogen) atoms. The van der Waals surface area contributed by atoms with Gasteiger partial charge >= 0.3 is 5.97 Å². The van der Waals surface area contributed by atoms with E-state index in [1.165, 1.54) is 4.90 Å². The van der Waals surface area contributed by atoms with Gasteiger partial charge in [-0.3, -0.25) is 14.4 Å². The van der Waals surface area contributed by atoms with E-state index in [1.807, 2.05) is 18.2 Å². The van der Waals surface area contributed by atoms with Crippen molar-refractivity contribution in [1.29, 1.82) is 0 Å². The molecule has 5 rings (SSSR count). The lowest BCUT2D eigenvalue weighted by molar-refractivity contribution is -0.158. The van der Waals surface area contributed by atoms with Crippen molar-refractivity contribution in [3.05, 3.63) is 48.6 Å². The van der Waals surface area contributed by atoms with Crippen LogP contribution < -0.4 is 9.64 Å². The minimum Gasteiger partial charge on any atom is -0.497 e. The van der Waals surface area contributed by atoms with Crippen LogP contribution in [0.3, 0.4) is 0 Å². The number of ether oxygens (including phenoxy) is 3. The van der Waals surface area contributed by atoms with Gasteiger partial charge in [-0.25, -0.2) is 0 Å². The summed E-state index contributed by atoms with van der Waals surface area (Å²) in [7, 11) is 1.57. The Balaban J connectivity index is 1.61. The molecule has 2 fully saturated rings. The Labute approximate surface area is 210 Å². The summed E-state index contributed by atoms with van der Waals surface area (Å²) in [5.74, 6) is -2.44. The minimum absolute atomic E-state index is 0.0462. The molecule has 0 aromatic heterocycles. The van der Waals surface area contributed by atoms with E-state index in [2.05, 4.69) is 0 Å². The van der Waals surface area contributed by atoms with Crippen molar-refractivity contribution in [3.8, 4) is 5.75 Å². The van der Waals surface area contributed by atoms with E-state index in [1.54, 1.807) is 49.3 Å². The molecule has 0 saturated carbocycles. The number of benzene rings is 1. The molecular formula is C27H32N2O7. The molecule has 0 radical (unpaired) electrons. The number of amides is 2. The van der Waals surface area contributed by atoms with Crippen molar-refractivity contribution in [2.45, 2.75) is 43.4 Å². The molecule has 0 bridgehead atoms. The third-order valence-corrected chi connectivity index (χ3v) is 7.73. The molecule has 9 heteroatoms. The Hall–Kier alpha value is -3.17. The summed E-state index contributed by atoms with van der Waals surface area (Å²) in [5.41, 5.74) is -1.86. The molecule has 5 atom stereocenters. The molecule has 2 saturated heterocycles. The predicted molar refractivity (Wildman–Crippen MR) is 130 cm³/mol. The van der Waals surface area contributed by atoms with Gasteiger partial charge in [0.1, 0.15) is 23.3 Å². The molecule has 1 aromatic rings. The Morgan fingerprint density at radius 1 is 1.06 bits per heavy atom. The monoisotopic (exact) mass is 496 g/mol. The highest BCUT2D eigenvalue weighted by atomic mass is 16.6. The van der Waals surface area contributed by atoms with Crippen LogP contribution in [-0.2, 0) is 23.9 Å². The van der Waals surface area contributed by atoms with Crippen molar-refractivity contribution < 1.29 is 33.7 Å². The molecule has 2 amide bonds. The van der Waals surface area contributed by atoms with Crippen LogP contribution in [-0.4, -0.2) is 78.4 Å². The summed E-state index contributed by atoms with van der Waals surface area (Å²) in [4.78, 5) is 44.4. The first-order chi connectivity index (χ1) is 17.4. The zero-order valence-corrected chi connectivity index (χ0v) is 20.6. The lowest BCUT2D eigenvalue weighted by atomic mass is 9.74. The molecule has 4 aliphatic heterocycles. The molecule has 0 aliphatic carbocycles. The number of carbonyl (C=O) groups is 3. The van der Waals surface area contributed by atoms with Gasteiger partial charge in [-0.15, -0.1) is 0 Å². The number of aliphatic hydroxyl groups excluding tert-OH is 1. The number of allylic oxidation sites excluding steroid dienone is 1. The fourth-order valence-electron chi connectivity index (χ4n) is 6.14. The number of hydrogen-bond acceptors (Lipinski definition) is 7. The molecule has 1 aromatic carbocycles. The highest BCUT2D eigenvalue weighted by Gasteiger charge is 2.74. The summed E-state index contributed by atoms with van der Waals surface area (Å²) in [6.45, 7) is 1.96. The molecule has 4 heterocycles. The summed E-state index contributed by atoms with van der Waals surface area (Å²) < 4.78 is 17.5. The Bertz CT molecular complexity index is 1100. The van der Waals surface area contributed by atoms with Crippen LogP contribution >= 0.6 is 0 Å². The number of hydrogen-bond donors (Lipinski definition) is 1. The predicted octanol–water partition coefficient (Wildman–Crippen LogP) is 1.84. The number of aliphatic hydroxyl groups is 1. The van der Waals surface area contributed by atoms with Crippen LogP contribution in [0.25, 0.3) is 0 Å². The third kappa shape index (κ3) is 3.72. The van der Waals surface area contributed by atoms with Crippen LogP contribution in [0.5, 0.6) is 5.75 Å². The number of esters is 1. The fourth-order valence-corrected chi connectivity index (χ4v) is 6.14. The van der Waals surface area contributed by atoms with Crippen LogP contribution in [0.1, 0.15) is 26.2 Å². The van der Waals surface area contributed by atoms with Crippen molar-refractivity contribution in [2.75, 3.05) is 38.3 Å². The average molecular weight is 497 g/mol. The van der Waals surface area contributed by atoms with E-state index in [4.69, 9.17) is 14.2 Å². The lowest BCUT2D eigenvalue weighted by Gasteiger charge is -2.37. The van der Waals surface area contributed by atoms with Gasteiger partial charge in [0.2, 0.25) is 5.91 Å². The number of methoxy groups -OCH3 is 1. The van der Waals surface area contributed by atoms with Gasteiger partial charge in [0, 0.05) is 18.8 Å². The molecule has 4 aliphatic rings. The number of anilines is 1. The number of rotatable bonds is 4. The van der Waals surface area contributed by atoms with Gasteiger partial charge in [-0.2, -0.15) is 0 Å². The van der Waals surface area contributed by atoms with Crippen LogP contribution in [0.2, 0.25) is 0 Å². The second-order valence-corrected chi connectivity index (χ2v) is 9.87. The smallest absolute Gasteiger partial charge is 0.313 e. The first-order valence-electron chi connectivity index (χ1n) is 12.5. The highest BCUT2D eigenvalue weighted by Crippen LogP contribution is 2.57. The minimum atomic E-state index is -1.37. The number of cyclic esters (lactones) is 1. The quantitative estimate of drug-likeness (QED) is 0.501. The average Bonchev–Trinajstić information content (AvgIpc) is 3.19. The maximum atomic E-state index is 14.2. The first-order valence-corrected chi connectivity index (χ1v) is 12.5. The molecule has 192 valence electrons. The van der Waals surface area contributed by atoms with Gasteiger partial charge in [0.05, 0.1) is 31.8 Å². The summed E-state index contributed by atoms with van der Waals surface area (Å²) in [6, 6.07) is 6.06. The van der Waals surface area contributed by atoms with Gasteiger partial charge in [0.15, 0.2) is 0 Å². The van der Waals surface area contributed by atoms with E-state index >= 15 is 0 Å². The number of β-amino-alcohol motifs (C(OH)–C–C–N with tert-alkyl or cyclic N) is 1. The van der Waals surface area contributed by atoms with Gasteiger partial charge in [-0.05, 0) is 50.5 Å². The molecular weight excluding hydrogens is 464 g/mol. The number of nitrogens with zero attached hydrogens (tertiary/aromatic N) is 2. The van der Waals surface area contributed by atoms with E-state index in [-0.39, 0.29) is 38.1 Å². The van der Waals surface area contributed by atoms with Crippen molar-refractivity contribution in [3.63, 3.8) is 0 Å². The van der Waals surface area contributed by atoms with E-state index < -0.39 is 35.0 Å². The second-order valence-electron chi connectivity index (χ2n) is 9.87. The highest BCUT2D eigenvalue weighted by molar-refractivity contribution is 6.05. The number of likely N-dealkylation sites (tertiary alicyclic amines) is 1. The van der Waals surface area contributed by atoms with E-state index in [9.17, 15) is 19.5 Å². The van der Waals surface area contributed by atoms with E-state index in [0.29, 0.717) is 11.4 Å². The zero-order chi connectivity index (χ0) is 25.5. The summed E-state index contributed by atoms with van der Waals surface area (Å²) in [5, 5.41) is 9.78. The zero-order valence-electron chi connectivity index (χ0n) is 20.6. The van der Waals surface area contributed by atoms with Gasteiger partial charge < -0.3 is 29.1 Å². The fraction of sp³-hybridized carbons (Fsp3) is 0.519. The Kier molecular flexibility index (Phi) is 6.38. The molecule has 9 nitrogen and oxygen atoms in total. The van der Waals surface area contributed by atoms with Crippen LogP contribution in [0.4, 0.5) is 5.69 Å². The normalized spacial score (nSPS) is 35.0. The number of fused-ring (bicyclic) bond motifs is 2. The largest absolute Gasteiger partial charge is 0.497 e. The standard InChI is InChI=1S/C27H32N2O7/c1-26-12-5-3-4-6-17-35-25(33)21(26)20-23(31)29(15-16-30)22-24(32)28(14-7-13-27(20,22)36-26)18-8-10-19(34-2)11-9-18/h5,7-13,20-22,30H,3-4,6,14-17H2,1-2H3/b12-5-/t20-,21+,22?,26-,27-/m0/s1. The van der Waals surface area contributed by atoms with Crippen molar-refractivity contribution >= 4 is 23.5 Å². The molecule has 1 unspecified atom stereocenters. The van der Waals surface area contributed by atoms with Crippen LogP contribution in [0, 0.1) is 11.8 Å². The van der Waals surface area contributed by atoms with Crippen LogP contribution in [0.15, 0.2) is 48.6 Å². The van der Waals surface area contributed by atoms with E-state index in [0.717, 1.165) is 19.3 Å². The lowest BCUT2D eigenvalue weighted by Crippen LogP contribution is -2.56. The molecule has 1 spiro atoms. The van der Waals surface area contributed by atoms with Crippen molar-refractivity contribution in [1.82, 2.24) is 4.90 Å². The first kappa shape index (κ1) is 24.5. The summed E-state index contributed by atoms with van der Waals surface area (Å²) >= 11 is 0. The third-order valence-electron chi connectivity index (χ3n) is 7.73. The Morgan fingerprint density at radius 2 is 1.83 bits per heavy atom. The van der Waals surface area contributed by atoms with Gasteiger partial charge in [0.25, 0.3) is 5.91 Å². The van der Waals surface area contributed by atoms with Gasteiger partial charge in [-0.1, -0.05) is 24.3 Å².